The van der Waals surface area contributed by atoms with E-state index in [1.54, 1.807) is 4.90 Å². The van der Waals surface area contributed by atoms with E-state index < -0.39 is 0 Å². The number of carbonyl (C=O) groups is 2. The minimum absolute atomic E-state index is 0.212. The van der Waals surface area contributed by atoms with Crippen molar-refractivity contribution >= 4 is 12.0 Å². The summed E-state index contributed by atoms with van der Waals surface area (Å²) in [7, 11) is 1.38. The molecule has 2 aliphatic heterocycles. The van der Waals surface area contributed by atoms with Crippen molar-refractivity contribution in [1.29, 1.82) is 0 Å². The first-order chi connectivity index (χ1) is 9.07. The molecule has 0 aliphatic carbocycles. The summed E-state index contributed by atoms with van der Waals surface area (Å²) in [4.78, 5) is 27.5. The van der Waals surface area contributed by atoms with Gasteiger partial charge in [-0.2, -0.15) is 0 Å². The van der Waals surface area contributed by atoms with Gasteiger partial charge in [-0.05, 0) is 26.3 Å². The van der Waals surface area contributed by atoms with E-state index in [2.05, 4.69) is 5.32 Å². The van der Waals surface area contributed by atoms with Crippen molar-refractivity contribution in [1.82, 2.24) is 15.1 Å². The molecule has 0 aromatic rings. The fourth-order valence-electron chi connectivity index (χ4n) is 2.84. The number of nitrogens with one attached hydrogen (secondary N) is 1. The van der Waals surface area contributed by atoms with Gasteiger partial charge in [0.15, 0.2) is 0 Å². The van der Waals surface area contributed by atoms with Gasteiger partial charge < -0.3 is 19.9 Å². The SMILES string of the molecule is COC(=O)N1CCN(C(=O)C2(C)CCCNC2)CC1. The number of amides is 2. The van der Waals surface area contributed by atoms with Crippen molar-refractivity contribution in [3.63, 3.8) is 0 Å². The van der Waals surface area contributed by atoms with E-state index in [-0.39, 0.29) is 17.4 Å². The third kappa shape index (κ3) is 3.00. The predicted octanol–water partition coefficient (Wildman–Crippen LogP) is 0.287. The number of nitrogens with zero attached hydrogens (tertiary/aromatic N) is 2. The summed E-state index contributed by atoms with van der Waals surface area (Å²) in [6.45, 7) is 6.10. The number of hydrogen-bond donors (Lipinski definition) is 1. The molecule has 2 rings (SSSR count). The Morgan fingerprint density at radius 3 is 2.32 bits per heavy atom. The summed E-state index contributed by atoms with van der Waals surface area (Å²) in [5.74, 6) is 0.212. The molecule has 1 atom stereocenters. The van der Waals surface area contributed by atoms with E-state index in [9.17, 15) is 9.59 Å². The summed E-state index contributed by atoms with van der Waals surface area (Å²) in [6.07, 6.45) is 1.68. The van der Waals surface area contributed by atoms with Crippen molar-refractivity contribution in [2.24, 2.45) is 5.41 Å². The second-order valence-electron chi connectivity index (χ2n) is 5.59. The van der Waals surface area contributed by atoms with Crippen LogP contribution in [0.3, 0.4) is 0 Å². The highest BCUT2D eigenvalue weighted by Gasteiger charge is 2.38. The number of carbonyl (C=O) groups excluding carboxylic acids is 2. The highest BCUT2D eigenvalue weighted by molar-refractivity contribution is 5.83. The first-order valence-corrected chi connectivity index (χ1v) is 6.90. The Hall–Kier alpha value is -1.30. The number of ether oxygens (including phenoxy) is 1. The smallest absolute Gasteiger partial charge is 0.409 e. The second-order valence-corrected chi connectivity index (χ2v) is 5.59. The maximum Gasteiger partial charge on any atom is 0.409 e. The monoisotopic (exact) mass is 269 g/mol. The minimum Gasteiger partial charge on any atom is -0.453 e. The molecule has 1 unspecified atom stereocenters. The van der Waals surface area contributed by atoms with E-state index in [0.717, 1.165) is 25.9 Å². The largest absolute Gasteiger partial charge is 0.453 e. The molecule has 19 heavy (non-hydrogen) atoms. The van der Waals surface area contributed by atoms with Crippen LogP contribution in [-0.2, 0) is 9.53 Å². The molecule has 2 aliphatic rings. The molecule has 1 N–H and O–H groups in total. The van der Waals surface area contributed by atoms with E-state index in [4.69, 9.17) is 4.74 Å². The second kappa shape index (κ2) is 5.77. The zero-order valence-electron chi connectivity index (χ0n) is 11.8. The maximum atomic E-state index is 12.6. The van der Waals surface area contributed by atoms with Gasteiger partial charge >= 0.3 is 6.09 Å². The molecule has 0 radical (unpaired) electrons. The van der Waals surface area contributed by atoms with Gasteiger partial charge in [0.05, 0.1) is 12.5 Å². The molecule has 6 nitrogen and oxygen atoms in total. The van der Waals surface area contributed by atoms with Crippen LogP contribution in [-0.4, -0.2) is 68.2 Å². The number of methoxy groups -OCH3 is 1. The van der Waals surface area contributed by atoms with Crippen LogP contribution in [0.5, 0.6) is 0 Å². The summed E-state index contributed by atoms with van der Waals surface area (Å²) in [5.41, 5.74) is -0.286. The Morgan fingerprint density at radius 1 is 1.16 bits per heavy atom. The van der Waals surface area contributed by atoms with Gasteiger partial charge in [0.25, 0.3) is 0 Å². The van der Waals surface area contributed by atoms with Crippen molar-refractivity contribution < 1.29 is 14.3 Å². The normalized spacial score (nSPS) is 28.1. The standard InChI is InChI=1S/C13H23N3O3/c1-13(4-3-5-14-10-13)11(17)15-6-8-16(9-7-15)12(18)19-2/h14H,3-10H2,1-2H3. The first kappa shape index (κ1) is 14.1. The quantitative estimate of drug-likeness (QED) is 0.743. The van der Waals surface area contributed by atoms with Gasteiger partial charge in [-0.1, -0.05) is 0 Å². The zero-order chi connectivity index (χ0) is 13.9. The van der Waals surface area contributed by atoms with Crippen LogP contribution >= 0.6 is 0 Å². The Kier molecular flexibility index (Phi) is 4.29. The van der Waals surface area contributed by atoms with Gasteiger partial charge in [0.2, 0.25) is 5.91 Å². The number of piperidine rings is 1. The molecule has 2 fully saturated rings. The van der Waals surface area contributed by atoms with Crippen LogP contribution in [0, 0.1) is 5.41 Å². The number of hydrogen-bond acceptors (Lipinski definition) is 4. The number of rotatable bonds is 1. The van der Waals surface area contributed by atoms with Gasteiger partial charge in [-0.25, -0.2) is 4.79 Å². The molecule has 2 saturated heterocycles. The molecule has 0 spiro atoms. The third-order valence-electron chi connectivity index (χ3n) is 4.11. The maximum absolute atomic E-state index is 12.6. The zero-order valence-corrected chi connectivity index (χ0v) is 11.8. The Bertz CT molecular complexity index is 345. The lowest BCUT2D eigenvalue weighted by atomic mass is 9.81. The highest BCUT2D eigenvalue weighted by Crippen LogP contribution is 2.28. The fraction of sp³-hybridized carbons (Fsp3) is 0.846. The highest BCUT2D eigenvalue weighted by atomic mass is 16.5. The average molecular weight is 269 g/mol. The van der Waals surface area contributed by atoms with Crippen LogP contribution in [0.2, 0.25) is 0 Å². The van der Waals surface area contributed by atoms with Crippen LogP contribution in [0.4, 0.5) is 4.79 Å². The van der Waals surface area contributed by atoms with Crippen LogP contribution in [0.25, 0.3) is 0 Å². The van der Waals surface area contributed by atoms with Crippen molar-refractivity contribution in [3.05, 3.63) is 0 Å². The average Bonchev–Trinajstić information content (AvgIpc) is 2.46. The lowest BCUT2D eigenvalue weighted by Gasteiger charge is -2.41. The number of piperazine rings is 1. The van der Waals surface area contributed by atoms with E-state index in [1.807, 2.05) is 11.8 Å². The molecule has 6 heteroatoms. The Morgan fingerprint density at radius 2 is 1.79 bits per heavy atom. The summed E-state index contributed by atoms with van der Waals surface area (Å²) in [6, 6.07) is 0. The van der Waals surface area contributed by atoms with Crippen LogP contribution < -0.4 is 5.32 Å². The molecule has 2 heterocycles. The van der Waals surface area contributed by atoms with Crippen molar-refractivity contribution in [2.45, 2.75) is 19.8 Å². The lowest BCUT2D eigenvalue weighted by molar-refractivity contribution is -0.143. The van der Waals surface area contributed by atoms with Crippen LogP contribution in [0.15, 0.2) is 0 Å². The minimum atomic E-state index is -0.308. The van der Waals surface area contributed by atoms with E-state index >= 15 is 0 Å². The molecule has 0 aromatic heterocycles. The topological polar surface area (TPSA) is 61.9 Å². The fourth-order valence-corrected chi connectivity index (χ4v) is 2.84. The van der Waals surface area contributed by atoms with E-state index in [0.29, 0.717) is 26.2 Å². The molecule has 108 valence electrons. The summed E-state index contributed by atoms with van der Waals surface area (Å²) in [5, 5.41) is 3.30. The Labute approximate surface area is 114 Å². The molecule has 2 amide bonds. The molecular formula is C13H23N3O3. The van der Waals surface area contributed by atoms with Gasteiger partial charge in [-0.3, -0.25) is 4.79 Å². The van der Waals surface area contributed by atoms with Gasteiger partial charge in [-0.15, -0.1) is 0 Å². The van der Waals surface area contributed by atoms with Gasteiger partial charge in [0, 0.05) is 32.7 Å². The molecule has 0 bridgehead atoms. The predicted molar refractivity (Wildman–Crippen MR) is 70.8 cm³/mol. The molecule has 0 aromatic carbocycles. The molecule has 0 saturated carbocycles. The summed E-state index contributed by atoms with van der Waals surface area (Å²) < 4.78 is 4.70. The van der Waals surface area contributed by atoms with Gasteiger partial charge in [0.1, 0.15) is 0 Å². The van der Waals surface area contributed by atoms with Crippen LogP contribution in [0.1, 0.15) is 19.8 Å². The summed E-state index contributed by atoms with van der Waals surface area (Å²) >= 11 is 0. The first-order valence-electron chi connectivity index (χ1n) is 6.90. The van der Waals surface area contributed by atoms with Crippen molar-refractivity contribution in [2.75, 3.05) is 46.4 Å². The molecular weight excluding hydrogens is 246 g/mol. The Balaban J connectivity index is 1.90. The van der Waals surface area contributed by atoms with E-state index in [1.165, 1.54) is 7.11 Å². The third-order valence-corrected chi connectivity index (χ3v) is 4.11. The lowest BCUT2D eigenvalue weighted by Crippen LogP contribution is -2.56. The van der Waals surface area contributed by atoms with Crippen molar-refractivity contribution in [3.8, 4) is 0 Å².